The van der Waals surface area contributed by atoms with E-state index in [2.05, 4.69) is 6.92 Å². The van der Waals surface area contributed by atoms with E-state index in [0.717, 1.165) is 6.61 Å². The van der Waals surface area contributed by atoms with E-state index in [1.165, 1.54) is 171 Å². The van der Waals surface area contributed by atoms with Crippen molar-refractivity contribution >= 4 is 10.2 Å². The summed E-state index contributed by atoms with van der Waals surface area (Å²) in [5.41, 5.74) is 0.539. The number of hydrogen-bond acceptors (Lipinski definition) is 1. The fourth-order valence-corrected chi connectivity index (χ4v) is 7.94. The summed E-state index contributed by atoms with van der Waals surface area (Å²) in [5, 5.41) is 0.305. The fourth-order valence-electron chi connectivity index (χ4n) is 6.64. The Morgan fingerprint density at radius 1 is 0.548 bits per heavy atom. The molecule has 2 aliphatic rings. The van der Waals surface area contributed by atoms with Crippen molar-refractivity contribution < 1.29 is 4.74 Å². The molecule has 0 N–H and O–H groups in total. The summed E-state index contributed by atoms with van der Waals surface area (Å²) in [6.45, 7) is 3.35. The maximum atomic E-state index is 6.64. The molecule has 184 valence electrons. The molecule has 0 aromatic heterocycles. The van der Waals surface area contributed by atoms with Gasteiger partial charge in [0.25, 0.3) is 0 Å². The summed E-state index contributed by atoms with van der Waals surface area (Å²) in [7, 11) is 1.24. The Morgan fingerprint density at radius 3 is 1.48 bits per heavy atom. The van der Waals surface area contributed by atoms with Gasteiger partial charge in [-0.3, -0.25) is 0 Å². The van der Waals surface area contributed by atoms with E-state index in [-0.39, 0.29) is 0 Å². The van der Waals surface area contributed by atoms with Gasteiger partial charge in [0.1, 0.15) is 0 Å². The van der Waals surface area contributed by atoms with E-state index >= 15 is 0 Å². The topological polar surface area (TPSA) is 9.23 Å². The van der Waals surface area contributed by atoms with Gasteiger partial charge < -0.3 is 4.74 Å². The van der Waals surface area contributed by atoms with Gasteiger partial charge in [-0.25, -0.2) is 0 Å². The number of ether oxygens (including phenoxy) is 1. The lowest BCUT2D eigenvalue weighted by Gasteiger charge is -2.52. The molecule has 0 spiro atoms. The summed E-state index contributed by atoms with van der Waals surface area (Å²) in [4.78, 5) is 0. The molecule has 0 aromatic carbocycles. The van der Waals surface area contributed by atoms with Crippen molar-refractivity contribution in [2.75, 3.05) is 6.61 Å². The summed E-state index contributed by atoms with van der Waals surface area (Å²) in [6.07, 6.45) is 36.4. The van der Waals surface area contributed by atoms with Crippen LogP contribution in [0.2, 0.25) is 0 Å². The van der Waals surface area contributed by atoms with Crippen LogP contribution in [-0.2, 0) is 4.74 Å². The van der Waals surface area contributed by atoms with E-state index in [1.807, 2.05) is 0 Å². The zero-order chi connectivity index (χ0) is 22.1. The highest BCUT2D eigenvalue weighted by molar-refractivity contribution is 6.15. The zero-order valence-electron chi connectivity index (χ0n) is 21.8. The van der Waals surface area contributed by atoms with Crippen molar-refractivity contribution in [2.24, 2.45) is 5.41 Å². The van der Waals surface area contributed by atoms with Crippen LogP contribution >= 0.6 is 0 Å². The van der Waals surface area contributed by atoms with E-state index in [9.17, 15) is 0 Å². The summed E-state index contributed by atoms with van der Waals surface area (Å²) < 4.78 is 6.64. The monoisotopic (exact) mass is 450 g/mol. The molecule has 1 saturated heterocycles. The Hall–Kier alpha value is 0.177. The van der Waals surface area contributed by atoms with Crippen molar-refractivity contribution in [3.8, 4) is 0 Å². The van der Waals surface area contributed by atoms with Crippen LogP contribution in [0.5, 0.6) is 0 Å². The third-order valence-electron chi connectivity index (χ3n) is 8.91. The van der Waals surface area contributed by atoms with Gasteiger partial charge in [-0.15, -0.1) is 0 Å². The Labute approximate surface area is 199 Å². The lowest BCUT2D eigenvalue weighted by atomic mass is 9.66. The second kappa shape index (κ2) is 16.7. The molecule has 1 aliphatic carbocycles. The Kier molecular flexibility index (Phi) is 14.8. The minimum absolute atomic E-state index is 0.305. The second-order valence-electron chi connectivity index (χ2n) is 11.4. The number of unbranched alkanes of at least 4 members (excludes halogenated alkanes) is 13. The molecule has 1 aliphatic heterocycles. The van der Waals surface area contributed by atoms with Crippen molar-refractivity contribution in [1.82, 2.24) is 0 Å². The maximum absolute atomic E-state index is 6.64. The molecule has 1 saturated carbocycles. The van der Waals surface area contributed by atoms with Crippen LogP contribution in [0.25, 0.3) is 0 Å². The van der Waals surface area contributed by atoms with Crippen LogP contribution in [0.15, 0.2) is 0 Å². The van der Waals surface area contributed by atoms with Crippen molar-refractivity contribution in [3.05, 3.63) is 0 Å². The molecular weight excluding hydrogens is 392 g/mol. The highest BCUT2D eigenvalue weighted by Crippen LogP contribution is 2.50. The zero-order valence-corrected chi connectivity index (χ0v) is 23.8. The number of rotatable bonds is 16. The van der Waals surface area contributed by atoms with Crippen molar-refractivity contribution in [1.29, 1.82) is 0 Å². The van der Waals surface area contributed by atoms with Crippen LogP contribution in [-0.4, -0.2) is 22.1 Å². The Balaban J connectivity index is 1.58. The van der Waals surface area contributed by atoms with Gasteiger partial charge in [-0.05, 0) is 43.9 Å². The minimum atomic E-state index is 0.305. The molecule has 1 nitrogen and oxygen atoms in total. The molecule has 0 bridgehead atoms. The Morgan fingerprint density at radius 2 is 1.00 bits per heavy atom. The molecule has 0 aromatic rings. The van der Waals surface area contributed by atoms with Gasteiger partial charge in [-0.1, -0.05) is 129 Å². The normalized spacial score (nSPS) is 24.7. The first-order chi connectivity index (χ1) is 15.2. The fraction of sp³-hybridized carbons (Fsp3) is 1.00. The summed E-state index contributed by atoms with van der Waals surface area (Å²) in [6, 6.07) is 0. The van der Waals surface area contributed by atoms with E-state index in [1.54, 1.807) is 0 Å². The molecule has 1 heterocycles. The van der Waals surface area contributed by atoms with Crippen LogP contribution in [0, 0.1) is 5.41 Å². The van der Waals surface area contributed by atoms with Gasteiger partial charge in [0, 0.05) is 16.8 Å². The minimum Gasteiger partial charge on any atom is -0.379 e. The lowest BCUT2D eigenvalue weighted by Crippen LogP contribution is -2.53. The van der Waals surface area contributed by atoms with Crippen molar-refractivity contribution in [2.45, 2.75) is 173 Å². The van der Waals surface area contributed by atoms with E-state index in [4.69, 9.17) is 4.74 Å². The number of hydrogen-bond donors (Lipinski definition) is 0. The predicted molar refractivity (Wildman–Crippen MR) is 142 cm³/mol. The first-order valence-corrected chi connectivity index (χ1v) is 15.9. The molecule has 1 unspecified atom stereocenters. The maximum Gasteiger partial charge on any atom is 0.0540 e. The van der Waals surface area contributed by atoms with E-state index in [0.29, 0.717) is 10.6 Å². The van der Waals surface area contributed by atoms with Gasteiger partial charge in [0.05, 0.1) is 5.22 Å². The molecule has 1 atom stereocenters. The lowest BCUT2D eigenvalue weighted by molar-refractivity contribution is -0.117. The van der Waals surface area contributed by atoms with E-state index < -0.39 is 0 Å². The molecule has 2 heteroatoms. The molecule has 31 heavy (non-hydrogen) atoms. The largest absolute Gasteiger partial charge is 0.379 e. The quantitative estimate of drug-likeness (QED) is 0.168. The smallest absolute Gasteiger partial charge is 0.0540 e. The molecule has 2 rings (SSSR count). The highest BCUT2D eigenvalue weighted by atomic mass is 28.1. The third kappa shape index (κ3) is 10.3. The van der Waals surface area contributed by atoms with Crippen LogP contribution in [0.1, 0.15) is 167 Å². The standard InChI is InChI=1S/C29H58OSi/c1-2-3-4-5-6-7-8-9-10-11-12-13-15-18-23-28(24-19-16-14-17-20-25-28)29(31)26-21-22-27-30-29/h2-27H2,1,31H3. The molecule has 0 radical (unpaired) electrons. The van der Waals surface area contributed by atoms with Gasteiger partial charge in [-0.2, -0.15) is 0 Å². The molecule has 0 amide bonds. The summed E-state index contributed by atoms with van der Waals surface area (Å²) in [5.74, 6) is 0. The van der Waals surface area contributed by atoms with Gasteiger partial charge in [0.15, 0.2) is 0 Å². The first kappa shape index (κ1) is 27.4. The van der Waals surface area contributed by atoms with Gasteiger partial charge >= 0.3 is 0 Å². The third-order valence-corrected chi connectivity index (χ3v) is 10.8. The molecule has 2 fully saturated rings. The van der Waals surface area contributed by atoms with Gasteiger partial charge in [0.2, 0.25) is 0 Å². The SMILES string of the molecule is CCCCCCCCCCCCCCCCC1(C2([SiH3])CCCCO2)CCCCCCC1. The van der Waals surface area contributed by atoms with Crippen LogP contribution in [0.4, 0.5) is 0 Å². The Bertz CT molecular complexity index is 407. The summed E-state index contributed by atoms with van der Waals surface area (Å²) >= 11 is 0. The second-order valence-corrected chi connectivity index (χ2v) is 13.0. The van der Waals surface area contributed by atoms with Crippen LogP contribution in [0.3, 0.4) is 0 Å². The predicted octanol–water partition coefficient (Wildman–Crippen LogP) is 8.85. The van der Waals surface area contributed by atoms with Crippen molar-refractivity contribution in [3.63, 3.8) is 0 Å². The average molecular weight is 451 g/mol. The molecular formula is C29H58OSi. The average Bonchev–Trinajstić information content (AvgIpc) is 2.76. The highest BCUT2D eigenvalue weighted by Gasteiger charge is 2.48. The first-order valence-electron chi connectivity index (χ1n) is 14.9. The van der Waals surface area contributed by atoms with Crippen LogP contribution < -0.4 is 0 Å².